The number of aliphatic hydroxyl groups is 6. The first-order chi connectivity index (χ1) is 10.8. The molecule has 0 radical (unpaired) electrons. The molecule has 2 aromatic rings. The van der Waals surface area contributed by atoms with E-state index < -0.39 is 36.5 Å². The summed E-state index contributed by atoms with van der Waals surface area (Å²) in [4.78, 5) is 0. The molecule has 0 amide bonds. The van der Waals surface area contributed by atoms with Gasteiger partial charge in [-0.2, -0.15) is 0 Å². The maximum atomic E-state index is 10.8. The van der Waals surface area contributed by atoms with Crippen LogP contribution in [0.3, 0.4) is 0 Å². The molecule has 124 valence electrons. The van der Waals surface area contributed by atoms with Crippen LogP contribution in [0.2, 0.25) is 0 Å². The van der Waals surface area contributed by atoms with Crippen LogP contribution in [-0.4, -0.2) is 61.3 Å². The van der Waals surface area contributed by atoms with Crippen LogP contribution in [0, 0.1) is 0 Å². The molecule has 1 aliphatic rings. The Morgan fingerprint density at radius 1 is 0.913 bits per heavy atom. The molecule has 23 heavy (non-hydrogen) atoms. The third-order valence-electron chi connectivity index (χ3n) is 4.27. The van der Waals surface area contributed by atoms with E-state index in [1.807, 2.05) is 0 Å². The highest BCUT2D eigenvalue weighted by atomic mass is 16.7. The van der Waals surface area contributed by atoms with E-state index in [1.54, 1.807) is 36.4 Å². The molecule has 0 spiro atoms. The third kappa shape index (κ3) is 2.34. The summed E-state index contributed by atoms with van der Waals surface area (Å²) in [5.41, 5.74) is 0.149. The van der Waals surface area contributed by atoms with Crippen molar-refractivity contribution in [1.29, 1.82) is 0 Å². The fourth-order valence-corrected chi connectivity index (χ4v) is 2.94. The Morgan fingerprint density at radius 3 is 2.26 bits per heavy atom. The second kappa shape index (κ2) is 5.50. The van der Waals surface area contributed by atoms with Gasteiger partial charge in [0.05, 0.1) is 6.61 Å². The van der Waals surface area contributed by atoms with Crippen LogP contribution < -0.4 is 0 Å². The standard InChI is InChI=1S/C16H18O7/c17-8-12-15(20,21)13(18)14(19)16(22,23-12)11-7-3-5-9-4-1-2-6-10(9)11/h1-7,12-14,17-22H,8H2/t12-,13-,14-,16-/m1/s1. The van der Waals surface area contributed by atoms with E-state index in [9.17, 15) is 30.6 Å². The molecule has 1 aliphatic heterocycles. The van der Waals surface area contributed by atoms with E-state index in [1.165, 1.54) is 6.07 Å². The Bertz CT molecular complexity index is 707. The summed E-state index contributed by atoms with van der Waals surface area (Å²) in [5, 5.41) is 61.3. The molecule has 0 aromatic heterocycles. The topological polar surface area (TPSA) is 131 Å². The fourth-order valence-electron chi connectivity index (χ4n) is 2.94. The maximum Gasteiger partial charge on any atom is 0.223 e. The van der Waals surface area contributed by atoms with Crippen molar-refractivity contribution in [3.63, 3.8) is 0 Å². The van der Waals surface area contributed by atoms with Crippen molar-refractivity contribution in [3.05, 3.63) is 48.0 Å². The first kappa shape index (κ1) is 16.3. The first-order valence-electron chi connectivity index (χ1n) is 7.12. The van der Waals surface area contributed by atoms with Crippen LogP contribution in [0.1, 0.15) is 5.56 Å². The van der Waals surface area contributed by atoms with Gasteiger partial charge in [0.25, 0.3) is 0 Å². The molecule has 2 aromatic carbocycles. The minimum Gasteiger partial charge on any atom is -0.393 e. The lowest BCUT2D eigenvalue weighted by molar-refractivity contribution is -0.423. The minimum atomic E-state index is -2.90. The molecule has 0 aliphatic carbocycles. The van der Waals surface area contributed by atoms with E-state index in [4.69, 9.17) is 4.74 Å². The molecule has 1 heterocycles. The summed E-state index contributed by atoms with van der Waals surface area (Å²) in [6, 6.07) is 11.9. The van der Waals surface area contributed by atoms with E-state index in [-0.39, 0.29) is 5.56 Å². The van der Waals surface area contributed by atoms with Crippen molar-refractivity contribution < 1.29 is 35.4 Å². The molecule has 3 rings (SSSR count). The maximum absolute atomic E-state index is 10.8. The molecule has 6 N–H and O–H groups in total. The normalized spacial score (nSPS) is 33.7. The van der Waals surface area contributed by atoms with Crippen LogP contribution in [0.25, 0.3) is 10.8 Å². The van der Waals surface area contributed by atoms with Gasteiger partial charge in [-0.25, -0.2) is 0 Å². The van der Waals surface area contributed by atoms with Crippen molar-refractivity contribution in [1.82, 2.24) is 0 Å². The van der Waals surface area contributed by atoms with Gasteiger partial charge < -0.3 is 35.4 Å². The molecular weight excluding hydrogens is 304 g/mol. The second-order valence-electron chi connectivity index (χ2n) is 5.68. The molecule has 0 bridgehead atoms. The SMILES string of the molecule is OC[C@H]1O[C@](O)(c2cccc3ccccc23)[C@H](O)[C@@H](O)C1(O)O. The van der Waals surface area contributed by atoms with Crippen molar-refractivity contribution in [2.75, 3.05) is 6.61 Å². The van der Waals surface area contributed by atoms with Gasteiger partial charge in [0.15, 0.2) is 0 Å². The number of benzene rings is 2. The zero-order chi connectivity index (χ0) is 16.8. The van der Waals surface area contributed by atoms with Gasteiger partial charge in [-0.3, -0.25) is 0 Å². The monoisotopic (exact) mass is 322 g/mol. The minimum absolute atomic E-state index is 0.149. The Balaban J connectivity index is 2.16. The molecule has 4 atom stereocenters. The Hall–Kier alpha value is -1.58. The van der Waals surface area contributed by atoms with Crippen LogP contribution in [0.15, 0.2) is 42.5 Å². The van der Waals surface area contributed by atoms with Gasteiger partial charge >= 0.3 is 0 Å². The predicted octanol–water partition coefficient (Wildman–Crippen LogP) is -1.22. The molecule has 1 saturated heterocycles. The number of rotatable bonds is 2. The van der Waals surface area contributed by atoms with E-state index in [0.29, 0.717) is 5.39 Å². The predicted molar refractivity (Wildman–Crippen MR) is 79.0 cm³/mol. The highest BCUT2D eigenvalue weighted by molar-refractivity contribution is 5.86. The van der Waals surface area contributed by atoms with Gasteiger partial charge in [-0.05, 0) is 10.8 Å². The molecule has 0 saturated carbocycles. The van der Waals surface area contributed by atoms with Gasteiger partial charge in [-0.1, -0.05) is 42.5 Å². The Morgan fingerprint density at radius 2 is 1.57 bits per heavy atom. The zero-order valence-electron chi connectivity index (χ0n) is 12.1. The highest BCUT2D eigenvalue weighted by Gasteiger charge is 2.61. The fraction of sp³-hybridized carbons (Fsp3) is 0.375. The average Bonchev–Trinajstić information content (AvgIpc) is 2.56. The largest absolute Gasteiger partial charge is 0.393 e. The molecule has 7 heteroatoms. The van der Waals surface area contributed by atoms with Gasteiger partial charge in [-0.15, -0.1) is 0 Å². The first-order valence-corrected chi connectivity index (χ1v) is 7.12. The van der Waals surface area contributed by atoms with Crippen LogP contribution in [0.5, 0.6) is 0 Å². The highest BCUT2D eigenvalue weighted by Crippen LogP contribution is 2.41. The summed E-state index contributed by atoms with van der Waals surface area (Å²) >= 11 is 0. The zero-order valence-corrected chi connectivity index (χ0v) is 12.1. The molecule has 0 unspecified atom stereocenters. The van der Waals surface area contributed by atoms with Gasteiger partial charge in [0.2, 0.25) is 11.6 Å². The lowest BCUT2D eigenvalue weighted by Crippen LogP contribution is -2.70. The van der Waals surface area contributed by atoms with Crippen molar-refractivity contribution >= 4 is 10.8 Å². The van der Waals surface area contributed by atoms with E-state index in [2.05, 4.69) is 0 Å². The van der Waals surface area contributed by atoms with E-state index in [0.717, 1.165) is 5.39 Å². The smallest absolute Gasteiger partial charge is 0.223 e. The lowest BCUT2D eigenvalue weighted by Gasteiger charge is -2.49. The number of ether oxygens (including phenoxy) is 1. The van der Waals surface area contributed by atoms with Crippen molar-refractivity contribution in [2.45, 2.75) is 29.9 Å². The Kier molecular flexibility index (Phi) is 3.89. The summed E-state index contributed by atoms with van der Waals surface area (Å²) < 4.78 is 5.21. The van der Waals surface area contributed by atoms with Crippen LogP contribution >= 0.6 is 0 Å². The number of hydrogen-bond donors (Lipinski definition) is 6. The van der Waals surface area contributed by atoms with Crippen LogP contribution in [-0.2, 0) is 10.5 Å². The molecule has 7 nitrogen and oxygen atoms in total. The van der Waals surface area contributed by atoms with Crippen molar-refractivity contribution in [2.24, 2.45) is 0 Å². The average molecular weight is 322 g/mol. The Labute approximate surface area is 131 Å². The molecule has 1 fully saturated rings. The van der Waals surface area contributed by atoms with Gasteiger partial charge in [0.1, 0.15) is 18.3 Å². The van der Waals surface area contributed by atoms with Crippen LogP contribution in [0.4, 0.5) is 0 Å². The quantitative estimate of drug-likeness (QED) is 0.382. The second-order valence-corrected chi connectivity index (χ2v) is 5.68. The number of aliphatic hydroxyl groups excluding tert-OH is 3. The molecular formula is C16H18O7. The van der Waals surface area contributed by atoms with E-state index >= 15 is 0 Å². The summed E-state index contributed by atoms with van der Waals surface area (Å²) in [7, 11) is 0. The third-order valence-corrected chi connectivity index (χ3v) is 4.27. The number of hydrogen-bond acceptors (Lipinski definition) is 7. The number of fused-ring (bicyclic) bond motifs is 1. The summed E-state index contributed by atoms with van der Waals surface area (Å²) in [6.45, 7) is -0.871. The van der Waals surface area contributed by atoms with Gasteiger partial charge in [0, 0.05) is 5.56 Å². The summed E-state index contributed by atoms with van der Waals surface area (Å²) in [5.74, 6) is -5.31. The summed E-state index contributed by atoms with van der Waals surface area (Å²) in [6.07, 6.45) is -5.88. The lowest BCUT2D eigenvalue weighted by atomic mass is 9.84. The van der Waals surface area contributed by atoms with Crippen molar-refractivity contribution in [3.8, 4) is 0 Å².